The first-order chi connectivity index (χ1) is 10.6. The standard InChI is InChI=1S/C19H28N2O/c1-19(2,10-6-9-15-7-4-3-5-8-15)18(22)21-13-16-11-20-12-17(16)14-21/h3-5,7-8,16-17,20H,6,9-14H2,1-2H3/t16-,17+. The molecule has 0 aliphatic carbocycles. The van der Waals surface area contributed by atoms with Crippen molar-refractivity contribution in [2.75, 3.05) is 26.2 Å². The molecular weight excluding hydrogens is 272 g/mol. The maximum Gasteiger partial charge on any atom is 0.228 e. The van der Waals surface area contributed by atoms with Gasteiger partial charge in [-0.15, -0.1) is 0 Å². The molecule has 1 aromatic rings. The second kappa shape index (κ2) is 6.41. The van der Waals surface area contributed by atoms with Crippen molar-refractivity contribution in [1.82, 2.24) is 10.2 Å². The van der Waals surface area contributed by atoms with Crippen molar-refractivity contribution in [3.8, 4) is 0 Å². The minimum atomic E-state index is -0.235. The van der Waals surface area contributed by atoms with Gasteiger partial charge < -0.3 is 10.2 Å². The van der Waals surface area contributed by atoms with Gasteiger partial charge in [0, 0.05) is 31.6 Å². The molecule has 2 fully saturated rings. The molecule has 3 nitrogen and oxygen atoms in total. The Balaban J connectivity index is 1.50. The average Bonchev–Trinajstić information content (AvgIpc) is 3.08. The summed E-state index contributed by atoms with van der Waals surface area (Å²) in [7, 11) is 0. The SMILES string of the molecule is CC(C)(CCCc1ccccc1)C(=O)N1C[C@H]2CNC[C@H]2C1. The summed E-state index contributed by atoms with van der Waals surface area (Å²) in [5.41, 5.74) is 1.13. The summed E-state index contributed by atoms with van der Waals surface area (Å²) < 4.78 is 0. The summed E-state index contributed by atoms with van der Waals surface area (Å²) in [5.74, 6) is 1.73. The van der Waals surface area contributed by atoms with Crippen LogP contribution >= 0.6 is 0 Å². The number of nitrogens with zero attached hydrogens (tertiary/aromatic N) is 1. The third-order valence-electron chi connectivity index (χ3n) is 5.37. The van der Waals surface area contributed by atoms with Gasteiger partial charge >= 0.3 is 0 Å². The largest absolute Gasteiger partial charge is 0.342 e. The zero-order valence-electron chi connectivity index (χ0n) is 13.8. The van der Waals surface area contributed by atoms with Crippen LogP contribution in [0.15, 0.2) is 30.3 Å². The summed E-state index contributed by atoms with van der Waals surface area (Å²) in [6, 6.07) is 10.6. The molecule has 2 aliphatic heterocycles. The lowest BCUT2D eigenvalue weighted by molar-refractivity contribution is -0.140. The monoisotopic (exact) mass is 300 g/mol. The van der Waals surface area contributed by atoms with E-state index in [-0.39, 0.29) is 5.41 Å². The molecule has 1 aromatic carbocycles. The minimum Gasteiger partial charge on any atom is -0.342 e. The third-order valence-corrected chi connectivity index (χ3v) is 5.37. The third kappa shape index (κ3) is 3.35. The van der Waals surface area contributed by atoms with Crippen LogP contribution in [0, 0.1) is 17.3 Å². The Hall–Kier alpha value is -1.35. The summed E-state index contributed by atoms with van der Waals surface area (Å²) >= 11 is 0. The van der Waals surface area contributed by atoms with E-state index in [0.717, 1.165) is 45.4 Å². The van der Waals surface area contributed by atoms with Crippen LogP contribution < -0.4 is 5.32 Å². The second-order valence-electron chi connectivity index (χ2n) is 7.61. The van der Waals surface area contributed by atoms with Crippen LogP contribution in [0.3, 0.4) is 0 Å². The molecule has 0 unspecified atom stereocenters. The molecular formula is C19H28N2O. The van der Waals surface area contributed by atoms with Crippen LogP contribution in [0.25, 0.3) is 0 Å². The highest BCUT2D eigenvalue weighted by molar-refractivity contribution is 5.82. The summed E-state index contributed by atoms with van der Waals surface area (Å²) in [4.78, 5) is 15.0. The molecule has 2 saturated heterocycles. The quantitative estimate of drug-likeness (QED) is 0.907. The lowest BCUT2D eigenvalue weighted by atomic mass is 9.85. The number of likely N-dealkylation sites (tertiary alicyclic amines) is 1. The van der Waals surface area contributed by atoms with Crippen molar-refractivity contribution >= 4 is 5.91 Å². The van der Waals surface area contributed by atoms with E-state index in [0.29, 0.717) is 17.7 Å². The van der Waals surface area contributed by atoms with Gasteiger partial charge in [0.15, 0.2) is 0 Å². The molecule has 0 radical (unpaired) electrons. The maximum atomic E-state index is 12.8. The van der Waals surface area contributed by atoms with E-state index < -0.39 is 0 Å². The number of amides is 1. The second-order valence-corrected chi connectivity index (χ2v) is 7.61. The number of hydrogen-bond acceptors (Lipinski definition) is 2. The van der Waals surface area contributed by atoms with Gasteiger partial charge in [-0.2, -0.15) is 0 Å². The normalized spacial score (nSPS) is 24.5. The number of benzene rings is 1. The Morgan fingerprint density at radius 2 is 1.82 bits per heavy atom. The zero-order chi connectivity index (χ0) is 15.6. The van der Waals surface area contributed by atoms with E-state index in [1.54, 1.807) is 0 Å². The molecule has 2 heterocycles. The molecule has 3 heteroatoms. The molecule has 0 aromatic heterocycles. The maximum absolute atomic E-state index is 12.8. The first-order valence-electron chi connectivity index (χ1n) is 8.60. The number of carbonyl (C=O) groups is 1. The van der Waals surface area contributed by atoms with Crippen LogP contribution in [0.2, 0.25) is 0 Å². The topological polar surface area (TPSA) is 32.3 Å². The highest BCUT2D eigenvalue weighted by Gasteiger charge is 2.41. The minimum absolute atomic E-state index is 0.235. The van der Waals surface area contributed by atoms with Crippen molar-refractivity contribution in [1.29, 1.82) is 0 Å². The lowest BCUT2D eigenvalue weighted by Gasteiger charge is -2.30. The highest BCUT2D eigenvalue weighted by atomic mass is 16.2. The van der Waals surface area contributed by atoms with Gasteiger partial charge in [0.05, 0.1) is 0 Å². The van der Waals surface area contributed by atoms with Gasteiger partial charge in [0.25, 0.3) is 0 Å². The fraction of sp³-hybridized carbons (Fsp3) is 0.632. The number of nitrogens with one attached hydrogen (secondary N) is 1. The highest BCUT2D eigenvalue weighted by Crippen LogP contribution is 2.32. The molecule has 22 heavy (non-hydrogen) atoms. The van der Waals surface area contributed by atoms with E-state index in [9.17, 15) is 4.79 Å². The van der Waals surface area contributed by atoms with E-state index >= 15 is 0 Å². The van der Waals surface area contributed by atoms with Crippen molar-refractivity contribution in [2.45, 2.75) is 33.1 Å². The van der Waals surface area contributed by atoms with E-state index in [2.05, 4.69) is 54.4 Å². The molecule has 0 bridgehead atoms. The van der Waals surface area contributed by atoms with Gasteiger partial charge in [-0.3, -0.25) is 4.79 Å². The summed E-state index contributed by atoms with van der Waals surface area (Å²) in [5, 5.41) is 3.44. The van der Waals surface area contributed by atoms with Crippen molar-refractivity contribution < 1.29 is 4.79 Å². The Morgan fingerprint density at radius 1 is 1.18 bits per heavy atom. The Morgan fingerprint density at radius 3 is 2.45 bits per heavy atom. The van der Waals surface area contributed by atoms with E-state index in [1.165, 1.54) is 5.56 Å². The number of rotatable bonds is 5. The van der Waals surface area contributed by atoms with Crippen LogP contribution in [-0.4, -0.2) is 37.0 Å². The van der Waals surface area contributed by atoms with Crippen molar-refractivity contribution in [2.24, 2.45) is 17.3 Å². The van der Waals surface area contributed by atoms with E-state index in [4.69, 9.17) is 0 Å². The van der Waals surface area contributed by atoms with Crippen molar-refractivity contribution in [3.05, 3.63) is 35.9 Å². The van der Waals surface area contributed by atoms with E-state index in [1.807, 2.05) is 0 Å². The molecule has 3 rings (SSSR count). The fourth-order valence-electron chi connectivity index (χ4n) is 3.94. The predicted octanol–water partition coefficient (Wildman–Crippen LogP) is 2.71. The average molecular weight is 300 g/mol. The first kappa shape index (κ1) is 15.5. The van der Waals surface area contributed by atoms with Gasteiger partial charge in [0.1, 0.15) is 0 Å². The molecule has 2 aliphatic rings. The van der Waals surface area contributed by atoms with Crippen LogP contribution in [0.5, 0.6) is 0 Å². The Bertz CT molecular complexity index is 499. The Labute approximate surface area is 134 Å². The number of hydrogen-bond donors (Lipinski definition) is 1. The zero-order valence-corrected chi connectivity index (χ0v) is 13.8. The van der Waals surface area contributed by atoms with Gasteiger partial charge in [-0.25, -0.2) is 0 Å². The van der Waals surface area contributed by atoms with Crippen molar-refractivity contribution in [3.63, 3.8) is 0 Å². The van der Waals surface area contributed by atoms with Gasteiger partial charge in [-0.1, -0.05) is 44.2 Å². The smallest absolute Gasteiger partial charge is 0.228 e. The fourth-order valence-corrected chi connectivity index (χ4v) is 3.94. The first-order valence-corrected chi connectivity index (χ1v) is 8.60. The summed E-state index contributed by atoms with van der Waals surface area (Å²) in [6.07, 6.45) is 3.10. The molecule has 1 N–H and O–H groups in total. The van der Waals surface area contributed by atoms with Crippen LogP contribution in [0.4, 0.5) is 0 Å². The number of carbonyl (C=O) groups excluding carboxylic acids is 1. The molecule has 1 amide bonds. The molecule has 0 spiro atoms. The molecule has 0 saturated carbocycles. The number of aryl methyl sites for hydroxylation is 1. The van der Waals surface area contributed by atoms with Gasteiger partial charge in [-0.05, 0) is 36.7 Å². The van der Waals surface area contributed by atoms with Crippen LogP contribution in [0.1, 0.15) is 32.3 Å². The Kier molecular flexibility index (Phi) is 4.53. The summed E-state index contributed by atoms with van der Waals surface area (Å²) in [6.45, 7) is 8.32. The predicted molar refractivity (Wildman–Crippen MR) is 89.6 cm³/mol. The molecule has 120 valence electrons. The van der Waals surface area contributed by atoms with Gasteiger partial charge in [0.2, 0.25) is 5.91 Å². The van der Waals surface area contributed by atoms with Crippen LogP contribution in [-0.2, 0) is 11.2 Å². The molecule has 2 atom stereocenters. The lowest BCUT2D eigenvalue weighted by Crippen LogP contribution is -2.41. The number of fused-ring (bicyclic) bond motifs is 1.